The summed E-state index contributed by atoms with van der Waals surface area (Å²) in [4.78, 5) is 4.78. The van der Waals surface area contributed by atoms with Gasteiger partial charge in [-0.15, -0.1) is 0 Å². The Balaban J connectivity index is 1.02. The second-order valence-corrected chi connectivity index (χ2v) is 17.7. The summed E-state index contributed by atoms with van der Waals surface area (Å²) in [5.41, 5.74) is 19.2. The highest BCUT2D eigenvalue weighted by molar-refractivity contribution is 6.12. The van der Waals surface area contributed by atoms with Crippen molar-refractivity contribution in [1.29, 1.82) is 0 Å². The topological polar surface area (TPSA) is 15.7 Å². The van der Waals surface area contributed by atoms with Gasteiger partial charge in [-0.3, -0.25) is 0 Å². The van der Waals surface area contributed by atoms with Crippen molar-refractivity contribution in [1.82, 2.24) is 0 Å². The van der Waals surface area contributed by atoms with Gasteiger partial charge in [0.05, 0.1) is 11.4 Å². The van der Waals surface area contributed by atoms with E-state index in [1.165, 1.54) is 44.5 Å². The predicted molar refractivity (Wildman–Crippen MR) is 254 cm³/mol. The Labute approximate surface area is 357 Å². The zero-order chi connectivity index (χ0) is 41.0. The highest BCUT2D eigenvalue weighted by atomic mass is 16.5. The molecule has 0 saturated heterocycles. The third-order valence-electron chi connectivity index (χ3n) is 13.6. The summed E-state index contributed by atoms with van der Waals surface area (Å²) in [5.74, 6) is 1.70. The van der Waals surface area contributed by atoms with E-state index in [0.717, 1.165) is 67.5 Å². The molecular weight excluding hydrogens is 741 g/mol. The smallest absolute Gasteiger partial charge is 0.159 e. The van der Waals surface area contributed by atoms with Crippen LogP contribution in [0, 0.1) is 0 Å². The fourth-order valence-corrected chi connectivity index (χ4v) is 10.7. The molecular formula is C58H44N2O. The molecule has 3 aliphatic rings. The minimum absolute atomic E-state index is 0.117. The van der Waals surface area contributed by atoms with Crippen LogP contribution in [-0.2, 0) is 10.8 Å². The van der Waals surface area contributed by atoms with Crippen LogP contribution in [-0.4, -0.2) is 0 Å². The Hall–Kier alpha value is -7.36. The fourth-order valence-electron chi connectivity index (χ4n) is 10.7. The average Bonchev–Trinajstić information content (AvgIpc) is 3.67. The van der Waals surface area contributed by atoms with E-state index < -0.39 is 0 Å². The van der Waals surface area contributed by atoms with E-state index >= 15 is 0 Å². The molecule has 61 heavy (non-hydrogen) atoms. The average molecular weight is 785 g/mol. The van der Waals surface area contributed by atoms with Crippen molar-refractivity contribution in [2.75, 3.05) is 9.80 Å². The highest BCUT2D eigenvalue weighted by Crippen LogP contribution is 2.57. The van der Waals surface area contributed by atoms with Crippen LogP contribution < -0.4 is 14.5 Å². The van der Waals surface area contributed by atoms with Gasteiger partial charge < -0.3 is 14.5 Å². The van der Waals surface area contributed by atoms with Crippen LogP contribution in [0.15, 0.2) is 194 Å². The van der Waals surface area contributed by atoms with Crippen LogP contribution in [0.4, 0.5) is 34.1 Å². The predicted octanol–water partition coefficient (Wildman–Crippen LogP) is 16.2. The lowest BCUT2D eigenvalue weighted by Gasteiger charge is -2.33. The molecule has 0 fully saturated rings. The van der Waals surface area contributed by atoms with E-state index in [2.05, 4.69) is 232 Å². The molecule has 0 atom stereocenters. The Morgan fingerprint density at radius 1 is 0.344 bits per heavy atom. The van der Waals surface area contributed by atoms with E-state index in [0.29, 0.717) is 0 Å². The molecule has 1 aliphatic heterocycles. The van der Waals surface area contributed by atoms with Crippen molar-refractivity contribution in [2.45, 2.75) is 38.5 Å². The number of rotatable bonds is 6. The standard InChI is InChI=1S/C58H44N2O/c1-57(2)48-26-13-11-21-41(48)43-31-29-39(35-50(43)57)59(37-17-7-5-8-18-37)52-33-34-54-55-45(23-15-25-47(52)55)46-24-16-28-53(56(46)61-54)60(38-19-9-6-10-20-38)40-30-32-44-42-22-12-14-27-49(42)58(3,4)51(44)36-40/h5-36H,1-4H3. The second-order valence-electron chi connectivity index (χ2n) is 17.7. The lowest BCUT2D eigenvalue weighted by Crippen LogP contribution is -2.17. The first-order chi connectivity index (χ1) is 29.8. The molecule has 0 amide bonds. The first-order valence-corrected chi connectivity index (χ1v) is 21.4. The molecule has 0 saturated carbocycles. The normalized spacial score (nSPS) is 14.3. The van der Waals surface area contributed by atoms with Crippen molar-refractivity contribution in [3.63, 3.8) is 0 Å². The first kappa shape index (κ1) is 35.6. The maximum absolute atomic E-state index is 7.20. The maximum Gasteiger partial charge on any atom is 0.159 e. The zero-order valence-corrected chi connectivity index (χ0v) is 34.8. The third-order valence-corrected chi connectivity index (χ3v) is 13.6. The molecule has 9 aromatic rings. The van der Waals surface area contributed by atoms with Crippen molar-refractivity contribution in [3.05, 3.63) is 216 Å². The molecule has 0 aromatic heterocycles. The molecule has 1 heterocycles. The van der Waals surface area contributed by atoms with Gasteiger partial charge >= 0.3 is 0 Å². The van der Waals surface area contributed by atoms with Gasteiger partial charge in [0.2, 0.25) is 0 Å². The number of nitrogens with zero attached hydrogens (tertiary/aromatic N) is 2. The Kier molecular flexibility index (Phi) is 7.62. The summed E-state index contributed by atoms with van der Waals surface area (Å²) >= 11 is 0. The van der Waals surface area contributed by atoms with Crippen LogP contribution in [0.5, 0.6) is 11.5 Å². The Bertz CT molecular complexity index is 3240. The van der Waals surface area contributed by atoms with E-state index in [1.807, 2.05) is 0 Å². The third kappa shape index (κ3) is 5.17. The van der Waals surface area contributed by atoms with E-state index in [-0.39, 0.29) is 10.8 Å². The van der Waals surface area contributed by atoms with Gasteiger partial charge in [0.1, 0.15) is 5.75 Å². The Morgan fingerprint density at radius 3 is 1.41 bits per heavy atom. The summed E-state index contributed by atoms with van der Waals surface area (Å²) < 4.78 is 7.20. The molecule has 0 spiro atoms. The van der Waals surface area contributed by atoms with Gasteiger partial charge in [-0.25, -0.2) is 0 Å². The Morgan fingerprint density at radius 2 is 0.820 bits per heavy atom. The van der Waals surface area contributed by atoms with E-state index in [4.69, 9.17) is 4.74 Å². The molecule has 12 rings (SSSR count). The van der Waals surface area contributed by atoms with Crippen molar-refractivity contribution >= 4 is 44.9 Å². The molecule has 0 N–H and O–H groups in total. The number of ether oxygens (including phenoxy) is 1. The molecule has 2 aliphatic carbocycles. The van der Waals surface area contributed by atoms with Gasteiger partial charge in [0, 0.05) is 49.9 Å². The largest absolute Gasteiger partial charge is 0.454 e. The maximum atomic E-state index is 7.20. The van der Waals surface area contributed by atoms with Gasteiger partial charge in [-0.2, -0.15) is 0 Å². The van der Waals surface area contributed by atoms with Crippen molar-refractivity contribution in [3.8, 4) is 44.9 Å². The van der Waals surface area contributed by atoms with Gasteiger partial charge in [0.25, 0.3) is 0 Å². The molecule has 292 valence electrons. The number of hydrogen-bond acceptors (Lipinski definition) is 3. The number of anilines is 6. The molecule has 0 unspecified atom stereocenters. The highest BCUT2D eigenvalue weighted by Gasteiger charge is 2.38. The minimum atomic E-state index is -0.127. The summed E-state index contributed by atoms with van der Waals surface area (Å²) in [6.07, 6.45) is 0. The van der Waals surface area contributed by atoms with Crippen molar-refractivity contribution in [2.24, 2.45) is 0 Å². The lowest BCUT2D eigenvalue weighted by molar-refractivity contribution is 0.488. The van der Waals surface area contributed by atoms with Gasteiger partial charge in [-0.1, -0.05) is 155 Å². The first-order valence-electron chi connectivity index (χ1n) is 21.4. The summed E-state index contributed by atoms with van der Waals surface area (Å²) in [6, 6.07) is 70.8. The number of para-hydroxylation sites is 3. The van der Waals surface area contributed by atoms with Crippen LogP contribution in [0.1, 0.15) is 49.9 Å². The number of benzene rings is 9. The van der Waals surface area contributed by atoms with Crippen LogP contribution >= 0.6 is 0 Å². The second kappa shape index (κ2) is 13.1. The molecule has 3 heteroatoms. The van der Waals surface area contributed by atoms with Crippen LogP contribution in [0.25, 0.3) is 44.2 Å². The van der Waals surface area contributed by atoms with Crippen LogP contribution in [0.3, 0.4) is 0 Å². The summed E-state index contributed by atoms with van der Waals surface area (Å²) in [7, 11) is 0. The molecule has 0 radical (unpaired) electrons. The summed E-state index contributed by atoms with van der Waals surface area (Å²) in [6.45, 7) is 9.39. The lowest BCUT2D eigenvalue weighted by atomic mass is 9.82. The van der Waals surface area contributed by atoms with E-state index in [9.17, 15) is 0 Å². The zero-order valence-electron chi connectivity index (χ0n) is 34.8. The number of hydrogen-bond donors (Lipinski definition) is 0. The van der Waals surface area contributed by atoms with E-state index in [1.54, 1.807) is 0 Å². The molecule has 0 bridgehead atoms. The monoisotopic (exact) mass is 784 g/mol. The summed E-state index contributed by atoms with van der Waals surface area (Å²) in [5, 5.41) is 2.25. The minimum Gasteiger partial charge on any atom is -0.454 e. The molecule has 9 aromatic carbocycles. The SMILES string of the molecule is CC1(C)c2ccccc2-c2ccc(N(c3ccccc3)c3cccc4c3Oc3ccc(N(c5ccccc5)c5ccc6c(c5)C(C)(C)c5ccccc5-6)c5cccc-4c35)cc21. The number of fused-ring (bicyclic) bond motifs is 8. The fraction of sp³-hybridized carbons (Fsp3) is 0.103. The van der Waals surface area contributed by atoms with Crippen LogP contribution in [0.2, 0.25) is 0 Å². The van der Waals surface area contributed by atoms with Gasteiger partial charge in [-0.05, 0) is 117 Å². The van der Waals surface area contributed by atoms with Gasteiger partial charge in [0.15, 0.2) is 5.75 Å². The quantitative estimate of drug-likeness (QED) is 0.167. The molecule has 3 nitrogen and oxygen atoms in total. The van der Waals surface area contributed by atoms with Crippen molar-refractivity contribution < 1.29 is 4.74 Å².